The highest BCUT2D eigenvalue weighted by molar-refractivity contribution is 5.94. The van der Waals surface area contributed by atoms with E-state index in [0.29, 0.717) is 12.8 Å². The fourth-order valence-electron chi connectivity index (χ4n) is 2.58. The maximum absolute atomic E-state index is 13.6. The van der Waals surface area contributed by atoms with E-state index >= 15 is 0 Å². The van der Waals surface area contributed by atoms with Gasteiger partial charge in [0.25, 0.3) is 5.91 Å². The van der Waals surface area contributed by atoms with Gasteiger partial charge in [0.15, 0.2) is 17.5 Å². The Morgan fingerprint density at radius 3 is 2.50 bits per heavy atom. The molecule has 1 aromatic carbocycles. The lowest BCUT2D eigenvalue weighted by Crippen LogP contribution is -2.46. The minimum Gasteiger partial charge on any atom is -0.391 e. The molecule has 1 aliphatic carbocycles. The number of aliphatic hydroxyl groups is 1. The minimum absolute atomic E-state index is 0.427. The third-order valence-electron chi connectivity index (χ3n) is 3.78. The molecule has 0 aliphatic heterocycles. The predicted octanol–water partition coefficient (Wildman–Crippen LogP) is 2.48. The number of amides is 1. The molecule has 0 heterocycles. The first-order chi connectivity index (χ1) is 9.43. The highest BCUT2D eigenvalue weighted by atomic mass is 19.2. The molecule has 0 radical (unpaired) electrons. The van der Waals surface area contributed by atoms with Gasteiger partial charge in [-0.25, -0.2) is 13.2 Å². The Bertz CT molecular complexity index is 521. The Hall–Kier alpha value is -1.56. The number of likely N-dealkylation sites (N-methyl/N-ethyl adjacent to an activating group) is 1. The number of rotatable bonds is 2. The van der Waals surface area contributed by atoms with Crippen molar-refractivity contribution in [2.45, 2.75) is 37.8 Å². The van der Waals surface area contributed by atoms with Gasteiger partial charge in [-0.1, -0.05) is 12.8 Å². The first-order valence-electron chi connectivity index (χ1n) is 6.52. The van der Waals surface area contributed by atoms with Crippen LogP contribution in [0.3, 0.4) is 0 Å². The van der Waals surface area contributed by atoms with Crippen LogP contribution >= 0.6 is 0 Å². The number of carbonyl (C=O) groups is 1. The van der Waals surface area contributed by atoms with Crippen molar-refractivity contribution in [3.63, 3.8) is 0 Å². The van der Waals surface area contributed by atoms with Crippen LogP contribution in [0.25, 0.3) is 0 Å². The molecular weight excluding hydrogens is 271 g/mol. The lowest BCUT2D eigenvalue weighted by Gasteiger charge is -2.35. The van der Waals surface area contributed by atoms with Gasteiger partial charge >= 0.3 is 0 Å². The van der Waals surface area contributed by atoms with Crippen molar-refractivity contribution < 1.29 is 23.1 Å². The topological polar surface area (TPSA) is 40.5 Å². The average Bonchev–Trinajstić information content (AvgIpc) is 2.44. The highest BCUT2D eigenvalue weighted by Crippen LogP contribution is 2.25. The number of benzene rings is 1. The van der Waals surface area contributed by atoms with E-state index < -0.39 is 41.1 Å². The average molecular weight is 287 g/mol. The Morgan fingerprint density at radius 2 is 1.85 bits per heavy atom. The second-order valence-corrected chi connectivity index (χ2v) is 5.06. The summed E-state index contributed by atoms with van der Waals surface area (Å²) in [5.74, 6) is -5.24. The van der Waals surface area contributed by atoms with Crippen molar-refractivity contribution in [2.75, 3.05) is 7.05 Å². The van der Waals surface area contributed by atoms with Gasteiger partial charge in [-0.15, -0.1) is 0 Å². The van der Waals surface area contributed by atoms with Crippen molar-refractivity contribution in [3.05, 3.63) is 35.1 Å². The number of hydrogen-bond acceptors (Lipinski definition) is 2. The summed E-state index contributed by atoms with van der Waals surface area (Å²) in [6.07, 6.45) is 2.24. The number of carbonyl (C=O) groups excluding carboxylic acids is 1. The van der Waals surface area contributed by atoms with E-state index in [-0.39, 0.29) is 0 Å². The van der Waals surface area contributed by atoms with Crippen LogP contribution in [0, 0.1) is 17.5 Å². The summed E-state index contributed by atoms with van der Waals surface area (Å²) < 4.78 is 39.6. The van der Waals surface area contributed by atoms with Gasteiger partial charge in [-0.05, 0) is 25.0 Å². The fourth-order valence-corrected chi connectivity index (χ4v) is 2.58. The normalized spacial score (nSPS) is 22.6. The van der Waals surface area contributed by atoms with Crippen LogP contribution in [-0.2, 0) is 0 Å². The summed E-state index contributed by atoms with van der Waals surface area (Å²) in [4.78, 5) is 13.4. The van der Waals surface area contributed by atoms with Gasteiger partial charge in [0, 0.05) is 7.05 Å². The van der Waals surface area contributed by atoms with Crippen LogP contribution in [0.2, 0.25) is 0 Å². The van der Waals surface area contributed by atoms with Crippen LogP contribution in [0.5, 0.6) is 0 Å². The molecule has 3 nitrogen and oxygen atoms in total. The van der Waals surface area contributed by atoms with E-state index in [9.17, 15) is 23.1 Å². The smallest absolute Gasteiger partial charge is 0.257 e. The third-order valence-corrected chi connectivity index (χ3v) is 3.78. The van der Waals surface area contributed by atoms with Crippen LogP contribution in [0.1, 0.15) is 36.0 Å². The van der Waals surface area contributed by atoms with E-state index in [1.807, 2.05) is 0 Å². The zero-order valence-electron chi connectivity index (χ0n) is 11.1. The van der Waals surface area contributed by atoms with Crippen molar-refractivity contribution in [2.24, 2.45) is 0 Å². The molecule has 0 bridgehead atoms. The van der Waals surface area contributed by atoms with Crippen molar-refractivity contribution in [1.82, 2.24) is 4.90 Å². The Balaban J connectivity index is 2.24. The highest BCUT2D eigenvalue weighted by Gasteiger charge is 2.31. The fraction of sp³-hybridized carbons (Fsp3) is 0.500. The van der Waals surface area contributed by atoms with Gasteiger partial charge in [0.05, 0.1) is 17.7 Å². The van der Waals surface area contributed by atoms with Gasteiger partial charge < -0.3 is 10.0 Å². The van der Waals surface area contributed by atoms with E-state index in [1.165, 1.54) is 11.9 Å². The first-order valence-corrected chi connectivity index (χ1v) is 6.52. The SMILES string of the molecule is CN(C(=O)c1ccc(F)c(F)c1F)C1CCCCC1O. The number of aliphatic hydroxyl groups excluding tert-OH is 1. The van der Waals surface area contributed by atoms with E-state index in [4.69, 9.17) is 0 Å². The third kappa shape index (κ3) is 2.65. The van der Waals surface area contributed by atoms with Crippen LogP contribution in [-0.4, -0.2) is 35.1 Å². The molecule has 2 rings (SSSR count). The van der Waals surface area contributed by atoms with Gasteiger partial charge in [-0.3, -0.25) is 4.79 Å². The molecule has 0 saturated heterocycles. The molecule has 110 valence electrons. The molecule has 1 aliphatic rings. The van der Waals surface area contributed by atoms with Gasteiger partial charge in [0.2, 0.25) is 0 Å². The van der Waals surface area contributed by atoms with Gasteiger partial charge in [0.1, 0.15) is 0 Å². The second-order valence-electron chi connectivity index (χ2n) is 5.06. The summed E-state index contributed by atoms with van der Waals surface area (Å²) in [6.45, 7) is 0. The summed E-state index contributed by atoms with van der Waals surface area (Å²) in [5, 5.41) is 9.88. The number of hydrogen-bond donors (Lipinski definition) is 1. The molecule has 0 aromatic heterocycles. The van der Waals surface area contributed by atoms with Gasteiger partial charge in [-0.2, -0.15) is 0 Å². The summed E-state index contributed by atoms with van der Waals surface area (Å²) in [7, 11) is 1.43. The molecule has 2 atom stereocenters. The number of halogens is 3. The molecular formula is C14H16F3NO2. The Morgan fingerprint density at radius 1 is 1.20 bits per heavy atom. The van der Waals surface area contributed by atoms with Crippen LogP contribution < -0.4 is 0 Å². The maximum atomic E-state index is 13.6. The lowest BCUT2D eigenvalue weighted by molar-refractivity contribution is 0.0264. The van der Waals surface area contributed by atoms with Crippen LogP contribution in [0.4, 0.5) is 13.2 Å². The van der Waals surface area contributed by atoms with Crippen LogP contribution in [0.15, 0.2) is 12.1 Å². The van der Waals surface area contributed by atoms with E-state index in [1.54, 1.807) is 0 Å². The van der Waals surface area contributed by atoms with Crippen molar-refractivity contribution in [3.8, 4) is 0 Å². The molecule has 1 saturated carbocycles. The predicted molar refractivity (Wildman–Crippen MR) is 66.7 cm³/mol. The molecule has 1 amide bonds. The second kappa shape index (κ2) is 5.83. The first kappa shape index (κ1) is 14.8. The summed E-state index contributed by atoms with van der Waals surface area (Å²) in [5.41, 5.74) is -0.524. The Labute approximate surface area is 115 Å². The zero-order chi connectivity index (χ0) is 14.9. The van der Waals surface area contributed by atoms with E-state index in [0.717, 1.165) is 25.0 Å². The quantitative estimate of drug-likeness (QED) is 0.849. The molecule has 20 heavy (non-hydrogen) atoms. The largest absolute Gasteiger partial charge is 0.391 e. The Kier molecular flexibility index (Phi) is 4.32. The maximum Gasteiger partial charge on any atom is 0.257 e. The van der Waals surface area contributed by atoms with E-state index in [2.05, 4.69) is 0 Å². The van der Waals surface area contributed by atoms with Crippen molar-refractivity contribution in [1.29, 1.82) is 0 Å². The lowest BCUT2D eigenvalue weighted by atomic mass is 9.91. The zero-order valence-corrected chi connectivity index (χ0v) is 11.1. The molecule has 1 aromatic rings. The molecule has 0 spiro atoms. The monoisotopic (exact) mass is 287 g/mol. The molecule has 6 heteroatoms. The molecule has 1 N–H and O–H groups in total. The molecule has 2 unspecified atom stereocenters. The summed E-state index contributed by atoms with van der Waals surface area (Å²) >= 11 is 0. The number of nitrogens with zero attached hydrogens (tertiary/aromatic N) is 1. The minimum atomic E-state index is -1.66. The summed E-state index contributed by atoms with van der Waals surface area (Å²) in [6, 6.07) is 1.21. The van der Waals surface area contributed by atoms with Crippen molar-refractivity contribution >= 4 is 5.91 Å². The molecule has 1 fully saturated rings. The standard InChI is InChI=1S/C14H16F3NO2/c1-18(10-4-2-3-5-11(10)19)14(20)8-6-7-9(15)13(17)12(8)16/h6-7,10-11,19H,2-5H2,1H3.